The highest BCUT2D eigenvalue weighted by Crippen LogP contribution is 2.26. The van der Waals surface area contributed by atoms with Gasteiger partial charge in [-0.3, -0.25) is 4.98 Å². The van der Waals surface area contributed by atoms with Gasteiger partial charge in [-0.25, -0.2) is 4.98 Å². The van der Waals surface area contributed by atoms with Gasteiger partial charge in [-0.2, -0.15) is 0 Å². The molecule has 0 atom stereocenters. The van der Waals surface area contributed by atoms with Crippen molar-refractivity contribution in [1.82, 2.24) is 15.0 Å². The summed E-state index contributed by atoms with van der Waals surface area (Å²) in [6.07, 6.45) is 1.97. The first-order valence-corrected chi connectivity index (χ1v) is 6.84. The molecule has 98 valence electrons. The number of hydrogen-bond acceptors (Lipinski definition) is 2. The van der Waals surface area contributed by atoms with Crippen LogP contribution in [-0.4, -0.2) is 15.0 Å². The van der Waals surface area contributed by atoms with E-state index in [0.717, 1.165) is 22.4 Å². The summed E-state index contributed by atoms with van der Waals surface area (Å²) in [5.41, 5.74) is 4.34. The predicted molar refractivity (Wildman–Crippen MR) is 79.6 cm³/mol. The number of hydrogen-bond donors (Lipinski definition) is 1. The van der Waals surface area contributed by atoms with Crippen LogP contribution in [0.1, 0.15) is 50.9 Å². The molecule has 0 amide bonds. The largest absolute Gasteiger partial charge is 0.340 e. The van der Waals surface area contributed by atoms with Crippen LogP contribution >= 0.6 is 0 Å². The third-order valence-electron chi connectivity index (χ3n) is 3.56. The zero-order chi connectivity index (χ0) is 13.6. The van der Waals surface area contributed by atoms with E-state index in [1.54, 1.807) is 0 Å². The van der Waals surface area contributed by atoms with Gasteiger partial charge in [0.2, 0.25) is 0 Å². The average molecular weight is 253 g/mol. The minimum Gasteiger partial charge on any atom is -0.340 e. The Morgan fingerprint density at radius 2 is 1.84 bits per heavy atom. The van der Waals surface area contributed by atoms with Crippen LogP contribution in [0.4, 0.5) is 0 Å². The topological polar surface area (TPSA) is 41.6 Å². The van der Waals surface area contributed by atoms with Crippen molar-refractivity contribution in [3.8, 4) is 0 Å². The van der Waals surface area contributed by atoms with Crippen LogP contribution in [0.2, 0.25) is 0 Å². The van der Waals surface area contributed by atoms with Crippen molar-refractivity contribution in [2.45, 2.75) is 39.5 Å². The van der Waals surface area contributed by atoms with Gasteiger partial charge in [0.25, 0.3) is 0 Å². The molecule has 0 saturated carbocycles. The summed E-state index contributed by atoms with van der Waals surface area (Å²) in [5, 5.41) is 1.18. The van der Waals surface area contributed by atoms with Crippen molar-refractivity contribution < 1.29 is 0 Å². The van der Waals surface area contributed by atoms with Crippen molar-refractivity contribution >= 4 is 21.9 Å². The second kappa shape index (κ2) is 4.34. The fourth-order valence-corrected chi connectivity index (χ4v) is 2.30. The molecule has 3 rings (SSSR count). The molecule has 3 aromatic rings. The Labute approximate surface area is 113 Å². The summed E-state index contributed by atoms with van der Waals surface area (Å²) in [5.74, 6) is 1.93. The van der Waals surface area contributed by atoms with E-state index in [9.17, 15) is 0 Å². The van der Waals surface area contributed by atoms with Gasteiger partial charge < -0.3 is 4.98 Å². The van der Waals surface area contributed by atoms with Crippen molar-refractivity contribution in [3.05, 3.63) is 35.8 Å². The minimum atomic E-state index is 0.400. The summed E-state index contributed by atoms with van der Waals surface area (Å²) in [7, 11) is 0. The Bertz CT molecular complexity index is 738. The zero-order valence-electron chi connectivity index (χ0n) is 11.9. The van der Waals surface area contributed by atoms with E-state index in [0.29, 0.717) is 11.8 Å². The fraction of sp³-hybridized carbons (Fsp3) is 0.375. The molecule has 1 N–H and O–H groups in total. The van der Waals surface area contributed by atoms with Gasteiger partial charge in [-0.1, -0.05) is 33.8 Å². The van der Waals surface area contributed by atoms with E-state index in [1.807, 2.05) is 6.20 Å². The Morgan fingerprint density at radius 1 is 1.05 bits per heavy atom. The molecule has 0 aliphatic heterocycles. The van der Waals surface area contributed by atoms with E-state index in [4.69, 9.17) is 0 Å². The third kappa shape index (κ3) is 1.99. The highest BCUT2D eigenvalue weighted by molar-refractivity contribution is 6.01. The second-order valence-electron chi connectivity index (χ2n) is 5.73. The molecule has 0 spiro atoms. The molecule has 2 aromatic heterocycles. The number of benzene rings is 1. The highest BCUT2D eigenvalue weighted by Gasteiger charge is 2.10. The molecule has 1 aromatic carbocycles. The van der Waals surface area contributed by atoms with Gasteiger partial charge in [0.05, 0.1) is 16.6 Å². The first kappa shape index (κ1) is 12.2. The second-order valence-corrected chi connectivity index (χ2v) is 5.73. The van der Waals surface area contributed by atoms with Crippen LogP contribution in [-0.2, 0) is 0 Å². The lowest BCUT2D eigenvalue weighted by molar-refractivity contribution is 0.799. The van der Waals surface area contributed by atoms with Crippen LogP contribution in [0, 0.1) is 0 Å². The normalized spacial score (nSPS) is 12.1. The number of H-pyrrole nitrogens is 1. The van der Waals surface area contributed by atoms with Crippen LogP contribution in [0.15, 0.2) is 24.4 Å². The molecule has 0 unspecified atom stereocenters. The predicted octanol–water partition coefficient (Wildman–Crippen LogP) is 4.36. The van der Waals surface area contributed by atoms with E-state index < -0.39 is 0 Å². The van der Waals surface area contributed by atoms with Crippen molar-refractivity contribution in [3.63, 3.8) is 0 Å². The smallest absolute Gasteiger partial charge is 0.109 e. The number of aromatic amines is 1. The lowest BCUT2D eigenvalue weighted by Gasteiger charge is -2.06. The number of fused-ring (bicyclic) bond motifs is 3. The maximum Gasteiger partial charge on any atom is 0.109 e. The molecule has 0 saturated heterocycles. The number of imidazole rings is 1. The zero-order valence-corrected chi connectivity index (χ0v) is 11.9. The third-order valence-corrected chi connectivity index (χ3v) is 3.56. The van der Waals surface area contributed by atoms with Crippen LogP contribution in [0.3, 0.4) is 0 Å². The summed E-state index contributed by atoms with van der Waals surface area (Å²) < 4.78 is 0. The maximum atomic E-state index is 4.63. The number of rotatable bonds is 2. The average Bonchev–Trinajstić information content (AvgIpc) is 2.82. The number of pyridine rings is 1. The molecule has 0 bridgehead atoms. The summed E-state index contributed by atoms with van der Waals surface area (Å²) >= 11 is 0. The SMILES string of the molecule is CC(C)c1cnc2c(ccc3nc(C(C)C)[nH]c32)c1. The molecule has 3 nitrogen and oxygen atoms in total. The van der Waals surface area contributed by atoms with Crippen molar-refractivity contribution in [1.29, 1.82) is 0 Å². The Hall–Kier alpha value is -1.90. The Kier molecular flexibility index (Phi) is 2.77. The standard InChI is InChI=1S/C16H19N3/c1-9(2)12-7-11-5-6-13-15(14(11)17-8-12)19-16(18-13)10(3)4/h5-10H,1-4H3,(H,18,19). The lowest BCUT2D eigenvalue weighted by Crippen LogP contribution is -1.90. The monoisotopic (exact) mass is 253 g/mol. The number of nitrogens with zero attached hydrogens (tertiary/aromatic N) is 2. The van der Waals surface area contributed by atoms with Crippen LogP contribution in [0.5, 0.6) is 0 Å². The fourth-order valence-electron chi connectivity index (χ4n) is 2.30. The van der Waals surface area contributed by atoms with Gasteiger partial charge in [0, 0.05) is 17.5 Å². The molecule has 0 aliphatic rings. The molecular weight excluding hydrogens is 234 g/mol. The van der Waals surface area contributed by atoms with Gasteiger partial charge in [-0.05, 0) is 23.6 Å². The van der Waals surface area contributed by atoms with Gasteiger partial charge in [0.15, 0.2) is 0 Å². The first-order valence-electron chi connectivity index (χ1n) is 6.84. The molecule has 0 aliphatic carbocycles. The molecule has 2 heterocycles. The summed E-state index contributed by atoms with van der Waals surface area (Å²) in [4.78, 5) is 12.7. The molecular formula is C16H19N3. The van der Waals surface area contributed by atoms with Gasteiger partial charge in [0.1, 0.15) is 5.82 Å². The first-order chi connectivity index (χ1) is 9.06. The summed E-state index contributed by atoms with van der Waals surface area (Å²) in [6, 6.07) is 6.41. The van der Waals surface area contributed by atoms with Gasteiger partial charge in [-0.15, -0.1) is 0 Å². The minimum absolute atomic E-state index is 0.400. The van der Waals surface area contributed by atoms with E-state index in [2.05, 4.69) is 60.8 Å². The highest BCUT2D eigenvalue weighted by atomic mass is 14.9. The Balaban J connectivity index is 2.28. The van der Waals surface area contributed by atoms with Crippen molar-refractivity contribution in [2.24, 2.45) is 0 Å². The molecule has 0 fully saturated rings. The van der Waals surface area contributed by atoms with Crippen LogP contribution in [0.25, 0.3) is 21.9 Å². The Morgan fingerprint density at radius 3 is 2.53 bits per heavy atom. The van der Waals surface area contributed by atoms with Crippen molar-refractivity contribution in [2.75, 3.05) is 0 Å². The van der Waals surface area contributed by atoms with E-state index in [1.165, 1.54) is 10.9 Å². The van der Waals surface area contributed by atoms with Gasteiger partial charge >= 0.3 is 0 Å². The van der Waals surface area contributed by atoms with E-state index in [-0.39, 0.29) is 0 Å². The molecule has 19 heavy (non-hydrogen) atoms. The number of nitrogens with one attached hydrogen (secondary N) is 1. The lowest BCUT2D eigenvalue weighted by atomic mass is 10.0. The van der Waals surface area contributed by atoms with Crippen LogP contribution < -0.4 is 0 Å². The number of aromatic nitrogens is 3. The van der Waals surface area contributed by atoms with E-state index >= 15 is 0 Å². The molecule has 3 heteroatoms. The summed E-state index contributed by atoms with van der Waals surface area (Å²) in [6.45, 7) is 8.66. The molecule has 0 radical (unpaired) electrons. The maximum absolute atomic E-state index is 4.63. The quantitative estimate of drug-likeness (QED) is 0.737.